The number of nitrogens with two attached hydrogens (primary N) is 1. The second kappa shape index (κ2) is 11.5. The van der Waals surface area contributed by atoms with E-state index in [-0.39, 0.29) is 24.0 Å². The first-order valence-electron chi connectivity index (χ1n) is 8.59. The van der Waals surface area contributed by atoms with Crippen LogP contribution in [0.1, 0.15) is 38.7 Å². The van der Waals surface area contributed by atoms with Gasteiger partial charge in [-0.25, -0.2) is 9.98 Å². The molecule has 1 atom stereocenters. The van der Waals surface area contributed by atoms with E-state index >= 15 is 0 Å². The second-order valence-electron chi connectivity index (χ2n) is 5.82. The molecule has 7 heteroatoms. The number of aromatic nitrogens is 1. The highest BCUT2D eigenvalue weighted by Gasteiger charge is 2.22. The van der Waals surface area contributed by atoms with Crippen LogP contribution in [0.3, 0.4) is 0 Å². The summed E-state index contributed by atoms with van der Waals surface area (Å²) in [4.78, 5) is 11.2. The highest BCUT2D eigenvalue weighted by Crippen LogP contribution is 2.16. The van der Waals surface area contributed by atoms with Gasteiger partial charge in [0.15, 0.2) is 5.96 Å². The maximum absolute atomic E-state index is 6.00. The van der Waals surface area contributed by atoms with Gasteiger partial charge in [0.1, 0.15) is 0 Å². The van der Waals surface area contributed by atoms with Gasteiger partial charge in [0.05, 0.1) is 13.2 Å². The maximum Gasteiger partial charge on any atom is 0.218 e. The number of guanidine groups is 1. The normalized spacial score (nSPS) is 18.2. The Morgan fingerprint density at radius 2 is 2.33 bits per heavy atom. The molecule has 0 aromatic carbocycles. The molecule has 0 aliphatic carbocycles. The van der Waals surface area contributed by atoms with Gasteiger partial charge in [0.2, 0.25) is 5.88 Å². The summed E-state index contributed by atoms with van der Waals surface area (Å²) in [6, 6.07) is 4.44. The van der Waals surface area contributed by atoms with Gasteiger partial charge in [-0.05, 0) is 38.4 Å². The molecular weight excluding hydrogens is 417 g/mol. The zero-order chi connectivity index (χ0) is 16.5. The van der Waals surface area contributed by atoms with Gasteiger partial charge < -0.3 is 15.8 Å². The molecule has 1 fully saturated rings. The van der Waals surface area contributed by atoms with Crippen molar-refractivity contribution in [2.24, 2.45) is 10.7 Å². The van der Waals surface area contributed by atoms with Crippen molar-refractivity contribution < 1.29 is 4.74 Å². The topological polar surface area (TPSA) is 75.8 Å². The lowest BCUT2D eigenvalue weighted by atomic mass is 10.2. The third kappa shape index (κ3) is 6.43. The first kappa shape index (κ1) is 21.0. The monoisotopic (exact) mass is 447 g/mol. The van der Waals surface area contributed by atoms with Crippen molar-refractivity contribution in [3.63, 3.8) is 0 Å². The van der Waals surface area contributed by atoms with Crippen molar-refractivity contribution in [2.75, 3.05) is 26.2 Å². The van der Waals surface area contributed by atoms with E-state index in [2.05, 4.69) is 34.0 Å². The Morgan fingerprint density at radius 1 is 1.50 bits per heavy atom. The Labute approximate surface area is 162 Å². The summed E-state index contributed by atoms with van der Waals surface area (Å²) in [5, 5.41) is 3.25. The van der Waals surface area contributed by atoms with E-state index in [4.69, 9.17) is 10.5 Å². The number of nitrogens with one attached hydrogen (secondary N) is 1. The minimum absolute atomic E-state index is 0. The fourth-order valence-electron chi connectivity index (χ4n) is 2.86. The standard InChI is InChI=1S/C17H29N5O.HI/c1-3-11-23-16-14(7-5-9-19-16)12-20-17(18)21-13-15-8-6-10-22(15)4-2;/h5,7,9,15H,3-4,6,8,10-13H2,1-2H3,(H3,18,20,21);1H. The van der Waals surface area contributed by atoms with Crippen LogP contribution in [0.4, 0.5) is 0 Å². The molecule has 136 valence electrons. The number of hydrogen-bond donors (Lipinski definition) is 2. The third-order valence-corrected chi connectivity index (χ3v) is 4.14. The number of aliphatic imine (C=N–C) groups is 1. The van der Waals surface area contributed by atoms with Crippen LogP contribution in [0, 0.1) is 0 Å². The van der Waals surface area contributed by atoms with Crippen LogP contribution in [0.5, 0.6) is 5.88 Å². The predicted octanol–water partition coefficient (Wildman–Crippen LogP) is 2.38. The summed E-state index contributed by atoms with van der Waals surface area (Å²) in [6.07, 6.45) is 5.19. The highest BCUT2D eigenvalue weighted by molar-refractivity contribution is 14.0. The summed E-state index contributed by atoms with van der Waals surface area (Å²) < 4.78 is 5.64. The van der Waals surface area contributed by atoms with Crippen LogP contribution >= 0.6 is 24.0 Å². The van der Waals surface area contributed by atoms with Crippen molar-refractivity contribution in [1.82, 2.24) is 15.2 Å². The van der Waals surface area contributed by atoms with Crippen LogP contribution in [0.2, 0.25) is 0 Å². The molecule has 1 aromatic rings. The molecule has 0 bridgehead atoms. The van der Waals surface area contributed by atoms with E-state index in [9.17, 15) is 0 Å². The van der Waals surface area contributed by atoms with E-state index < -0.39 is 0 Å². The van der Waals surface area contributed by atoms with E-state index in [1.807, 2.05) is 12.1 Å². The lowest BCUT2D eigenvalue weighted by Crippen LogP contribution is -2.42. The molecule has 1 aromatic heterocycles. The second-order valence-corrected chi connectivity index (χ2v) is 5.82. The number of rotatable bonds is 8. The van der Waals surface area contributed by atoms with Crippen molar-refractivity contribution in [3.8, 4) is 5.88 Å². The zero-order valence-corrected chi connectivity index (χ0v) is 17.0. The average Bonchev–Trinajstić information content (AvgIpc) is 3.04. The van der Waals surface area contributed by atoms with E-state index in [1.54, 1.807) is 6.20 Å². The summed E-state index contributed by atoms with van der Waals surface area (Å²) in [5.41, 5.74) is 6.96. The van der Waals surface area contributed by atoms with Gasteiger partial charge in [-0.1, -0.05) is 19.9 Å². The van der Waals surface area contributed by atoms with Gasteiger partial charge in [-0.15, -0.1) is 24.0 Å². The largest absolute Gasteiger partial charge is 0.477 e. The molecule has 1 unspecified atom stereocenters. The van der Waals surface area contributed by atoms with E-state index in [1.165, 1.54) is 19.4 Å². The number of ether oxygens (including phenoxy) is 1. The fourth-order valence-corrected chi connectivity index (χ4v) is 2.86. The first-order chi connectivity index (χ1) is 11.2. The molecule has 0 saturated carbocycles. The Kier molecular flexibility index (Phi) is 10.0. The Bertz CT molecular complexity index is 512. The minimum Gasteiger partial charge on any atom is -0.477 e. The highest BCUT2D eigenvalue weighted by atomic mass is 127. The molecule has 0 spiro atoms. The van der Waals surface area contributed by atoms with Crippen LogP contribution in [-0.4, -0.2) is 48.1 Å². The molecule has 2 heterocycles. The Hall–Kier alpha value is -1.09. The van der Waals surface area contributed by atoms with Crippen LogP contribution in [0.25, 0.3) is 0 Å². The van der Waals surface area contributed by atoms with Gasteiger partial charge in [0.25, 0.3) is 0 Å². The van der Waals surface area contributed by atoms with E-state index in [0.717, 1.165) is 25.1 Å². The molecule has 1 aliphatic heterocycles. The molecule has 2 rings (SSSR count). The number of nitrogens with zero attached hydrogens (tertiary/aromatic N) is 3. The molecular formula is C17H30IN5O. The Balaban J connectivity index is 0.00000288. The van der Waals surface area contributed by atoms with Crippen molar-refractivity contribution >= 4 is 29.9 Å². The number of pyridine rings is 1. The average molecular weight is 447 g/mol. The van der Waals surface area contributed by atoms with E-state index in [0.29, 0.717) is 31.0 Å². The Morgan fingerprint density at radius 3 is 3.08 bits per heavy atom. The third-order valence-electron chi connectivity index (χ3n) is 4.14. The van der Waals surface area contributed by atoms with Crippen LogP contribution in [-0.2, 0) is 6.54 Å². The predicted molar refractivity (Wildman–Crippen MR) is 109 cm³/mol. The van der Waals surface area contributed by atoms with Crippen molar-refractivity contribution in [2.45, 2.75) is 45.7 Å². The zero-order valence-electron chi connectivity index (χ0n) is 14.7. The fraction of sp³-hybridized carbons (Fsp3) is 0.647. The van der Waals surface area contributed by atoms with Crippen LogP contribution < -0.4 is 15.8 Å². The van der Waals surface area contributed by atoms with Gasteiger partial charge in [-0.3, -0.25) is 4.90 Å². The molecule has 0 radical (unpaired) electrons. The number of likely N-dealkylation sites (N-methyl/N-ethyl adjacent to an activating group) is 1. The quantitative estimate of drug-likeness (QED) is 0.364. The molecule has 6 nitrogen and oxygen atoms in total. The number of likely N-dealkylation sites (tertiary alicyclic amines) is 1. The summed E-state index contributed by atoms with van der Waals surface area (Å²) in [6.45, 7) is 8.56. The molecule has 3 N–H and O–H groups in total. The number of halogens is 1. The summed E-state index contributed by atoms with van der Waals surface area (Å²) in [5.74, 6) is 1.14. The van der Waals surface area contributed by atoms with Crippen molar-refractivity contribution in [3.05, 3.63) is 23.9 Å². The summed E-state index contributed by atoms with van der Waals surface area (Å²) >= 11 is 0. The van der Waals surface area contributed by atoms with Gasteiger partial charge in [-0.2, -0.15) is 0 Å². The summed E-state index contributed by atoms with van der Waals surface area (Å²) in [7, 11) is 0. The lowest BCUT2D eigenvalue weighted by molar-refractivity contribution is 0.267. The minimum atomic E-state index is 0. The van der Waals surface area contributed by atoms with Crippen molar-refractivity contribution in [1.29, 1.82) is 0 Å². The molecule has 1 aliphatic rings. The molecule has 1 saturated heterocycles. The van der Waals surface area contributed by atoms with Gasteiger partial charge >= 0.3 is 0 Å². The molecule has 24 heavy (non-hydrogen) atoms. The SMILES string of the molecule is CCCOc1ncccc1CN=C(N)NCC1CCCN1CC.I. The lowest BCUT2D eigenvalue weighted by Gasteiger charge is -2.23. The smallest absolute Gasteiger partial charge is 0.218 e. The number of hydrogen-bond acceptors (Lipinski definition) is 4. The van der Waals surface area contributed by atoms with Crippen LogP contribution in [0.15, 0.2) is 23.3 Å². The molecule has 0 amide bonds. The maximum atomic E-state index is 6.00. The van der Waals surface area contributed by atoms with Gasteiger partial charge in [0, 0.05) is 24.3 Å². The first-order valence-corrected chi connectivity index (χ1v) is 8.59.